The summed E-state index contributed by atoms with van der Waals surface area (Å²) in [5, 5.41) is 12.8. The van der Waals surface area contributed by atoms with E-state index in [9.17, 15) is 4.79 Å². The largest absolute Gasteiger partial charge is 0.407 e. The van der Waals surface area contributed by atoms with Gasteiger partial charge in [0.2, 0.25) is 11.8 Å². The number of carbonyl (C=O) groups excluding carboxylic acids is 1. The van der Waals surface area contributed by atoms with Crippen LogP contribution in [0.4, 0.5) is 6.01 Å². The highest BCUT2D eigenvalue weighted by atomic mass is 35.5. The van der Waals surface area contributed by atoms with Crippen molar-refractivity contribution >= 4 is 23.5 Å². The van der Waals surface area contributed by atoms with Gasteiger partial charge in [0.05, 0.1) is 0 Å². The second-order valence-corrected chi connectivity index (χ2v) is 3.16. The molecule has 0 saturated carbocycles. The van der Waals surface area contributed by atoms with Crippen molar-refractivity contribution < 1.29 is 9.21 Å². The predicted octanol–water partition coefficient (Wildman–Crippen LogP) is 0.745. The molecule has 15 heavy (non-hydrogen) atoms. The first kappa shape index (κ1) is 11.8. The highest BCUT2D eigenvalue weighted by Gasteiger charge is 2.14. The molecule has 0 aliphatic carbocycles. The molecule has 1 aromatic heterocycles. The summed E-state index contributed by atoms with van der Waals surface area (Å²) in [6.07, 6.45) is 0. The number of amides is 1. The van der Waals surface area contributed by atoms with Crippen LogP contribution in [0.3, 0.4) is 0 Å². The smallest absolute Gasteiger partial charge is 0.316 e. The molecule has 1 rings (SSSR count). The van der Waals surface area contributed by atoms with E-state index in [4.69, 9.17) is 16.0 Å². The van der Waals surface area contributed by atoms with Gasteiger partial charge in [-0.25, -0.2) is 0 Å². The van der Waals surface area contributed by atoms with Crippen molar-refractivity contribution in [2.45, 2.75) is 25.8 Å². The molecule has 0 aliphatic heterocycles. The van der Waals surface area contributed by atoms with Crippen LogP contribution in [-0.4, -0.2) is 28.7 Å². The maximum atomic E-state index is 11.3. The van der Waals surface area contributed by atoms with Gasteiger partial charge in [-0.2, -0.15) is 0 Å². The third kappa shape index (κ3) is 3.39. The van der Waals surface area contributed by atoms with E-state index in [0.717, 1.165) is 0 Å². The minimum Gasteiger partial charge on any atom is -0.407 e. The van der Waals surface area contributed by atoms with E-state index >= 15 is 0 Å². The Kier molecular flexibility index (Phi) is 4.36. The quantitative estimate of drug-likeness (QED) is 0.733. The van der Waals surface area contributed by atoms with Crippen molar-refractivity contribution in [1.29, 1.82) is 0 Å². The molecule has 0 spiro atoms. The van der Waals surface area contributed by atoms with Gasteiger partial charge >= 0.3 is 6.01 Å². The zero-order valence-corrected chi connectivity index (χ0v) is 9.34. The first-order valence-electron chi connectivity index (χ1n) is 4.60. The summed E-state index contributed by atoms with van der Waals surface area (Å²) in [5.74, 6) is 0.356. The Morgan fingerprint density at radius 1 is 1.60 bits per heavy atom. The number of hydrogen-bond acceptors (Lipinski definition) is 5. The van der Waals surface area contributed by atoms with Crippen LogP contribution in [0, 0.1) is 0 Å². The van der Waals surface area contributed by atoms with Gasteiger partial charge in [0.15, 0.2) is 0 Å². The molecule has 1 atom stereocenters. The van der Waals surface area contributed by atoms with Crippen LogP contribution in [0.1, 0.15) is 19.7 Å². The van der Waals surface area contributed by atoms with Crippen LogP contribution in [-0.2, 0) is 10.7 Å². The van der Waals surface area contributed by atoms with Gasteiger partial charge in [-0.05, 0) is 13.8 Å². The molecular formula is C8H13ClN4O2. The van der Waals surface area contributed by atoms with E-state index in [1.807, 2.05) is 6.92 Å². The van der Waals surface area contributed by atoms with Crippen LogP contribution < -0.4 is 10.6 Å². The number of alkyl halides is 1. The molecule has 7 heteroatoms. The number of carbonyl (C=O) groups is 1. The van der Waals surface area contributed by atoms with Crippen LogP contribution in [0.5, 0.6) is 0 Å². The molecule has 2 N–H and O–H groups in total. The lowest BCUT2D eigenvalue weighted by Crippen LogP contribution is -2.37. The number of likely N-dealkylation sites (N-methyl/N-ethyl adjacent to an activating group) is 1. The number of nitrogens with one attached hydrogen (secondary N) is 2. The first-order chi connectivity index (χ1) is 7.17. The fourth-order valence-corrected chi connectivity index (χ4v) is 1.05. The lowest BCUT2D eigenvalue weighted by molar-refractivity contribution is -0.121. The van der Waals surface area contributed by atoms with Crippen molar-refractivity contribution in [1.82, 2.24) is 15.5 Å². The third-order valence-electron chi connectivity index (χ3n) is 1.67. The Balaban J connectivity index is 2.50. The standard InChI is InChI=1S/C8H13ClN4O2/c1-3-10-7(14)5(2)11-8-13-12-6(4-9)15-8/h5H,3-4H2,1-2H3,(H,10,14)(H,11,13). The van der Waals surface area contributed by atoms with E-state index in [1.165, 1.54) is 0 Å². The molecule has 1 heterocycles. The van der Waals surface area contributed by atoms with Gasteiger partial charge in [0.25, 0.3) is 0 Å². The molecule has 0 saturated heterocycles. The van der Waals surface area contributed by atoms with Crippen molar-refractivity contribution in [2.24, 2.45) is 0 Å². The zero-order chi connectivity index (χ0) is 11.3. The van der Waals surface area contributed by atoms with Crippen LogP contribution >= 0.6 is 11.6 Å². The second kappa shape index (κ2) is 5.55. The number of hydrogen-bond donors (Lipinski definition) is 2. The molecule has 0 bridgehead atoms. The van der Waals surface area contributed by atoms with Crippen molar-refractivity contribution in [2.75, 3.05) is 11.9 Å². The van der Waals surface area contributed by atoms with Gasteiger partial charge < -0.3 is 15.1 Å². The van der Waals surface area contributed by atoms with E-state index in [0.29, 0.717) is 12.4 Å². The third-order valence-corrected chi connectivity index (χ3v) is 1.89. The normalized spacial score (nSPS) is 12.2. The predicted molar refractivity (Wildman–Crippen MR) is 55.6 cm³/mol. The molecule has 1 unspecified atom stereocenters. The lowest BCUT2D eigenvalue weighted by Gasteiger charge is -2.10. The molecule has 6 nitrogen and oxygen atoms in total. The van der Waals surface area contributed by atoms with Crippen LogP contribution in [0.25, 0.3) is 0 Å². The summed E-state index contributed by atoms with van der Waals surface area (Å²) < 4.78 is 5.09. The average molecular weight is 233 g/mol. The Bertz CT molecular complexity index is 328. The molecule has 0 fully saturated rings. The summed E-state index contributed by atoms with van der Waals surface area (Å²) in [4.78, 5) is 11.3. The summed E-state index contributed by atoms with van der Waals surface area (Å²) in [7, 11) is 0. The Labute approximate surface area is 92.4 Å². The highest BCUT2D eigenvalue weighted by molar-refractivity contribution is 6.16. The topological polar surface area (TPSA) is 80.0 Å². The summed E-state index contributed by atoms with van der Waals surface area (Å²) in [6.45, 7) is 4.14. The van der Waals surface area contributed by atoms with Crippen molar-refractivity contribution in [3.05, 3.63) is 5.89 Å². The number of halogens is 1. The number of aromatic nitrogens is 2. The van der Waals surface area contributed by atoms with E-state index in [2.05, 4.69) is 20.8 Å². The summed E-state index contributed by atoms with van der Waals surface area (Å²) >= 11 is 5.49. The highest BCUT2D eigenvalue weighted by Crippen LogP contribution is 2.08. The molecule has 0 aromatic carbocycles. The van der Waals surface area contributed by atoms with Crippen LogP contribution in [0.15, 0.2) is 4.42 Å². The molecule has 1 aromatic rings. The monoisotopic (exact) mass is 232 g/mol. The zero-order valence-electron chi connectivity index (χ0n) is 8.58. The minimum absolute atomic E-state index is 0.122. The molecule has 0 radical (unpaired) electrons. The fourth-order valence-electron chi connectivity index (χ4n) is 0.944. The summed E-state index contributed by atoms with van der Waals surface area (Å²) in [5.41, 5.74) is 0. The molecule has 84 valence electrons. The van der Waals surface area contributed by atoms with Gasteiger partial charge in [0.1, 0.15) is 11.9 Å². The maximum absolute atomic E-state index is 11.3. The lowest BCUT2D eigenvalue weighted by atomic mass is 10.3. The molecule has 0 aliphatic rings. The average Bonchev–Trinajstić information content (AvgIpc) is 2.66. The SMILES string of the molecule is CCNC(=O)C(C)Nc1nnc(CCl)o1. The molecule has 1 amide bonds. The fraction of sp³-hybridized carbons (Fsp3) is 0.625. The van der Waals surface area contributed by atoms with Crippen molar-refractivity contribution in [3.63, 3.8) is 0 Å². The summed E-state index contributed by atoms with van der Waals surface area (Å²) in [6, 6.07) is -0.224. The van der Waals surface area contributed by atoms with Crippen LogP contribution in [0.2, 0.25) is 0 Å². The Morgan fingerprint density at radius 3 is 2.87 bits per heavy atom. The number of anilines is 1. The van der Waals surface area contributed by atoms with E-state index < -0.39 is 6.04 Å². The maximum Gasteiger partial charge on any atom is 0.316 e. The van der Waals surface area contributed by atoms with Gasteiger partial charge in [-0.1, -0.05) is 5.10 Å². The number of nitrogens with zero attached hydrogens (tertiary/aromatic N) is 2. The first-order valence-corrected chi connectivity index (χ1v) is 5.13. The minimum atomic E-state index is -0.423. The Hall–Kier alpha value is -1.30. The van der Waals surface area contributed by atoms with Gasteiger partial charge in [0, 0.05) is 6.54 Å². The van der Waals surface area contributed by atoms with Crippen molar-refractivity contribution in [3.8, 4) is 0 Å². The van der Waals surface area contributed by atoms with E-state index in [-0.39, 0.29) is 17.8 Å². The van der Waals surface area contributed by atoms with Gasteiger partial charge in [-0.3, -0.25) is 4.79 Å². The van der Waals surface area contributed by atoms with Gasteiger partial charge in [-0.15, -0.1) is 16.7 Å². The Morgan fingerprint density at radius 2 is 2.33 bits per heavy atom. The van der Waals surface area contributed by atoms with E-state index in [1.54, 1.807) is 6.92 Å². The second-order valence-electron chi connectivity index (χ2n) is 2.90. The molecular weight excluding hydrogens is 220 g/mol. The number of rotatable bonds is 5.